The van der Waals surface area contributed by atoms with Crippen LogP contribution in [0.4, 0.5) is 0 Å². The molecule has 19 unspecified atom stereocenters. The lowest BCUT2D eigenvalue weighted by molar-refractivity contribution is -0.0551. The molecule has 4 nitrogen and oxygen atoms in total. The summed E-state index contributed by atoms with van der Waals surface area (Å²) >= 11 is 2.60. The van der Waals surface area contributed by atoms with Crippen molar-refractivity contribution in [2.45, 2.75) is 239 Å². The number of ether oxygens (including phenoxy) is 3. The van der Waals surface area contributed by atoms with Crippen molar-refractivity contribution in [3.8, 4) is 0 Å². The SMILES string of the molecule is C1CCC2C(C1)OC1CC(C3CCC(N(C4CCCC5C6CCC7OC8CCCCC8C7C6SC54)C4CCCC5OC6CCCCC6C54)CC3)CCC12. The second kappa shape index (κ2) is 14.5. The molecule has 0 spiro atoms. The molecule has 0 aromatic carbocycles. The summed E-state index contributed by atoms with van der Waals surface area (Å²) < 4.78 is 20.9. The third-order valence-electron chi connectivity index (χ3n) is 19.9. The van der Waals surface area contributed by atoms with Gasteiger partial charge in [0.1, 0.15) is 0 Å². The Labute approximate surface area is 327 Å². The van der Waals surface area contributed by atoms with Crippen molar-refractivity contribution < 1.29 is 14.2 Å². The Bertz CT molecular complexity index is 1300. The van der Waals surface area contributed by atoms with Gasteiger partial charge in [0.05, 0.1) is 36.6 Å². The molecule has 8 aliphatic carbocycles. The van der Waals surface area contributed by atoms with Gasteiger partial charge in [-0.05, 0) is 176 Å². The minimum atomic E-state index is 0.559. The van der Waals surface area contributed by atoms with E-state index in [1.807, 2.05) is 0 Å². The average Bonchev–Trinajstić information content (AvgIpc) is 3.98. The zero-order valence-corrected chi connectivity index (χ0v) is 34.1. The summed E-state index contributed by atoms with van der Waals surface area (Å²) in [7, 11) is 0. The van der Waals surface area contributed by atoms with Crippen LogP contribution in [0.1, 0.15) is 173 Å². The molecule has 4 aliphatic heterocycles. The molecule has 0 aromatic heterocycles. The number of fused-ring (bicyclic) bond motifs is 13. The monoisotopic (exact) mass is 746 g/mol. The Morgan fingerprint density at radius 3 is 1.66 bits per heavy atom. The van der Waals surface area contributed by atoms with Gasteiger partial charge < -0.3 is 14.2 Å². The predicted octanol–water partition coefficient (Wildman–Crippen LogP) is 11.0. The van der Waals surface area contributed by atoms with E-state index >= 15 is 0 Å². The third kappa shape index (κ3) is 5.91. The summed E-state index contributed by atoms with van der Waals surface area (Å²) in [5, 5.41) is 1.77. The Morgan fingerprint density at radius 2 is 0.868 bits per heavy atom. The van der Waals surface area contributed by atoms with E-state index in [0.717, 1.165) is 87.8 Å². The zero-order valence-electron chi connectivity index (χ0n) is 33.3. The first-order valence-electron chi connectivity index (χ1n) is 24.7. The van der Waals surface area contributed by atoms with Crippen LogP contribution >= 0.6 is 11.8 Å². The Morgan fingerprint density at radius 1 is 0.340 bits per heavy atom. The van der Waals surface area contributed by atoms with Gasteiger partial charge in [0.15, 0.2) is 0 Å². The van der Waals surface area contributed by atoms with E-state index in [1.54, 1.807) is 0 Å². The van der Waals surface area contributed by atoms with Crippen molar-refractivity contribution >= 4 is 11.8 Å². The van der Waals surface area contributed by atoms with Gasteiger partial charge in [-0.25, -0.2) is 0 Å². The molecule has 0 N–H and O–H groups in total. The topological polar surface area (TPSA) is 30.9 Å². The van der Waals surface area contributed by atoms with Crippen LogP contribution in [-0.2, 0) is 14.2 Å². The Balaban J connectivity index is 0.810. The fraction of sp³-hybridized carbons (Fsp3) is 1.00. The van der Waals surface area contributed by atoms with E-state index in [4.69, 9.17) is 14.2 Å². The number of hydrogen-bond acceptors (Lipinski definition) is 5. The zero-order chi connectivity index (χ0) is 34.6. The van der Waals surface area contributed by atoms with Gasteiger partial charge in [0, 0.05) is 40.5 Å². The maximum atomic E-state index is 7.09. The average molecular weight is 746 g/mol. The van der Waals surface area contributed by atoms with Crippen molar-refractivity contribution in [3.05, 3.63) is 0 Å². The van der Waals surface area contributed by atoms with Crippen LogP contribution in [0.15, 0.2) is 0 Å². The lowest BCUT2D eigenvalue weighted by Gasteiger charge is -2.54. The van der Waals surface area contributed by atoms with Gasteiger partial charge in [-0.15, -0.1) is 0 Å². The van der Waals surface area contributed by atoms with Gasteiger partial charge in [0.25, 0.3) is 0 Å². The first-order chi connectivity index (χ1) is 26.3. The molecule has 19 atom stereocenters. The molecule has 5 heteroatoms. The summed E-state index contributed by atoms with van der Waals surface area (Å²) in [5.41, 5.74) is 0. The molecule has 12 aliphatic rings. The summed E-state index contributed by atoms with van der Waals surface area (Å²) in [6.45, 7) is 0. The lowest BCUT2D eigenvalue weighted by atomic mass is 9.64. The predicted molar refractivity (Wildman–Crippen MR) is 214 cm³/mol. The molecule has 296 valence electrons. The highest BCUT2D eigenvalue weighted by molar-refractivity contribution is 8.00. The first-order valence-corrected chi connectivity index (χ1v) is 25.6. The van der Waals surface area contributed by atoms with Crippen LogP contribution in [0.3, 0.4) is 0 Å². The van der Waals surface area contributed by atoms with Gasteiger partial charge in [-0.2, -0.15) is 11.8 Å². The van der Waals surface area contributed by atoms with Gasteiger partial charge in [-0.3, -0.25) is 4.90 Å². The second-order valence-corrected chi connectivity index (χ2v) is 23.2. The lowest BCUT2D eigenvalue weighted by Crippen LogP contribution is -2.60. The minimum Gasteiger partial charge on any atom is -0.374 e. The molecule has 0 radical (unpaired) electrons. The highest BCUT2D eigenvalue weighted by Crippen LogP contribution is 2.63. The van der Waals surface area contributed by atoms with Gasteiger partial charge >= 0.3 is 0 Å². The van der Waals surface area contributed by atoms with E-state index in [0.29, 0.717) is 36.6 Å². The van der Waals surface area contributed by atoms with Crippen LogP contribution in [0, 0.1) is 59.2 Å². The summed E-state index contributed by atoms with van der Waals surface area (Å²) in [6, 6.07) is 2.41. The normalized spacial score (nSPS) is 57.3. The summed E-state index contributed by atoms with van der Waals surface area (Å²) in [6.07, 6.45) is 42.6. The van der Waals surface area contributed by atoms with E-state index < -0.39 is 0 Å². The number of thioether (sulfide) groups is 1. The molecule has 12 rings (SSSR count). The van der Waals surface area contributed by atoms with Crippen molar-refractivity contribution in [2.75, 3.05) is 0 Å². The van der Waals surface area contributed by atoms with Crippen LogP contribution in [-0.4, -0.2) is 70.1 Å². The number of nitrogens with zero attached hydrogens (tertiary/aromatic N) is 1. The quantitative estimate of drug-likeness (QED) is 0.286. The van der Waals surface area contributed by atoms with Gasteiger partial charge in [0.2, 0.25) is 0 Å². The van der Waals surface area contributed by atoms with Crippen molar-refractivity contribution in [1.29, 1.82) is 0 Å². The number of rotatable bonds is 4. The molecular formula is C48H75NO3S. The van der Waals surface area contributed by atoms with Crippen molar-refractivity contribution in [3.63, 3.8) is 0 Å². The van der Waals surface area contributed by atoms with Crippen LogP contribution in [0.5, 0.6) is 0 Å². The van der Waals surface area contributed by atoms with E-state index in [1.165, 1.54) is 173 Å². The van der Waals surface area contributed by atoms with Crippen LogP contribution < -0.4 is 0 Å². The standard InChI is InChI=1S/C48H75NO3S/c1-4-15-39-31(9-1)32-24-21-29(27-44(32)52-39)28-19-22-30(23-20-28)49(37-13-8-18-42-45(37)35-10-2-5-16-40(35)50-42)38-14-7-12-33-34-25-26-43-46(48(34)53-47(33)38)36-11-3-6-17-41(36)51-43/h28-48H,1-27H2. The van der Waals surface area contributed by atoms with Crippen LogP contribution in [0.2, 0.25) is 0 Å². The van der Waals surface area contributed by atoms with Crippen molar-refractivity contribution in [1.82, 2.24) is 4.90 Å². The molecule has 4 heterocycles. The summed E-state index contributed by atoms with van der Waals surface area (Å²) in [4.78, 5) is 3.43. The minimum absolute atomic E-state index is 0.559. The maximum absolute atomic E-state index is 7.09. The summed E-state index contributed by atoms with van der Waals surface area (Å²) in [5.74, 6) is 9.07. The smallest absolute Gasteiger partial charge is 0.0625 e. The molecular weight excluding hydrogens is 671 g/mol. The fourth-order valence-corrected chi connectivity index (χ4v) is 20.4. The molecule has 53 heavy (non-hydrogen) atoms. The highest BCUT2D eigenvalue weighted by Gasteiger charge is 2.61. The fourth-order valence-electron chi connectivity index (χ4n) is 17.9. The number of hydrogen-bond donors (Lipinski definition) is 0. The molecule has 0 bridgehead atoms. The molecule has 0 aromatic rings. The van der Waals surface area contributed by atoms with E-state index in [9.17, 15) is 0 Å². The van der Waals surface area contributed by atoms with Gasteiger partial charge in [-0.1, -0.05) is 44.9 Å². The molecule has 0 amide bonds. The van der Waals surface area contributed by atoms with Crippen molar-refractivity contribution in [2.24, 2.45) is 59.2 Å². The first kappa shape index (κ1) is 35.2. The largest absolute Gasteiger partial charge is 0.374 e. The Hall–Kier alpha value is 0.190. The third-order valence-corrected chi connectivity index (χ3v) is 21.9. The van der Waals surface area contributed by atoms with Crippen LogP contribution in [0.25, 0.3) is 0 Å². The Kier molecular flexibility index (Phi) is 9.61. The second-order valence-electron chi connectivity index (χ2n) is 21.9. The molecule has 4 saturated heterocycles. The van der Waals surface area contributed by atoms with E-state index in [2.05, 4.69) is 16.7 Å². The molecule has 12 fully saturated rings. The van der Waals surface area contributed by atoms with E-state index in [-0.39, 0.29) is 0 Å². The molecule has 8 saturated carbocycles. The highest BCUT2D eigenvalue weighted by atomic mass is 32.2. The maximum Gasteiger partial charge on any atom is 0.0625 e.